The molecule has 1 N–H and O–H groups in total. The van der Waals surface area contributed by atoms with Gasteiger partial charge in [-0.2, -0.15) is 0 Å². The zero-order chi connectivity index (χ0) is 17.8. The highest BCUT2D eigenvalue weighted by Crippen LogP contribution is 2.14. The Hall–Kier alpha value is -2.22. The van der Waals surface area contributed by atoms with E-state index in [2.05, 4.69) is 26.2 Å². The van der Waals surface area contributed by atoms with E-state index in [1.165, 1.54) is 10.9 Å². The van der Waals surface area contributed by atoms with Crippen LogP contribution in [0.3, 0.4) is 0 Å². The van der Waals surface area contributed by atoms with E-state index in [0.29, 0.717) is 10.9 Å². The fourth-order valence-corrected chi connectivity index (χ4v) is 3.21. The first-order valence-electron chi connectivity index (χ1n) is 8.24. The van der Waals surface area contributed by atoms with Crippen LogP contribution < -0.4 is 10.9 Å². The number of hydrogen-bond acceptors (Lipinski definition) is 4. The van der Waals surface area contributed by atoms with Crippen LogP contribution in [0.25, 0.3) is 10.9 Å². The molecule has 0 atom stereocenters. The highest BCUT2D eigenvalue weighted by atomic mass is 79.9. The van der Waals surface area contributed by atoms with Crippen molar-refractivity contribution in [2.45, 2.75) is 25.8 Å². The summed E-state index contributed by atoms with van der Waals surface area (Å²) in [6, 6.07) is 5.31. The number of amides is 2. The second-order valence-corrected chi connectivity index (χ2v) is 6.93. The van der Waals surface area contributed by atoms with E-state index >= 15 is 0 Å². The summed E-state index contributed by atoms with van der Waals surface area (Å²) in [7, 11) is 0. The van der Waals surface area contributed by atoms with Gasteiger partial charge in [0.2, 0.25) is 11.8 Å². The molecule has 3 rings (SSSR count). The maximum atomic E-state index is 12.4. The minimum Gasteiger partial charge on any atom is -0.347 e. The molecular formula is C17H19BrN4O3. The zero-order valence-electron chi connectivity index (χ0n) is 13.7. The number of aryl methyl sites for hydroxylation is 1. The van der Waals surface area contributed by atoms with Crippen LogP contribution in [0.2, 0.25) is 0 Å². The minimum absolute atomic E-state index is 0.0106. The van der Waals surface area contributed by atoms with Crippen LogP contribution in [0.15, 0.2) is 33.8 Å². The molecule has 2 heterocycles. The number of carbonyl (C=O) groups excluding carboxylic acids is 2. The van der Waals surface area contributed by atoms with Gasteiger partial charge in [0, 0.05) is 30.5 Å². The Labute approximate surface area is 153 Å². The molecule has 1 aromatic heterocycles. The zero-order valence-corrected chi connectivity index (χ0v) is 15.3. The smallest absolute Gasteiger partial charge is 0.261 e. The number of fused-ring (bicyclic) bond motifs is 1. The van der Waals surface area contributed by atoms with Crippen LogP contribution in [0, 0.1) is 0 Å². The van der Waals surface area contributed by atoms with Gasteiger partial charge in [-0.25, -0.2) is 4.98 Å². The van der Waals surface area contributed by atoms with Gasteiger partial charge < -0.3 is 10.2 Å². The van der Waals surface area contributed by atoms with Crippen molar-refractivity contribution in [3.05, 3.63) is 39.4 Å². The first-order chi connectivity index (χ1) is 12.0. The Balaban J connectivity index is 1.56. The van der Waals surface area contributed by atoms with E-state index in [0.717, 1.165) is 30.4 Å². The molecule has 0 saturated carbocycles. The van der Waals surface area contributed by atoms with Crippen LogP contribution in [-0.2, 0) is 16.1 Å². The van der Waals surface area contributed by atoms with E-state index in [1.807, 2.05) is 6.07 Å². The number of carbonyl (C=O) groups is 2. The maximum absolute atomic E-state index is 12.4. The van der Waals surface area contributed by atoms with E-state index < -0.39 is 0 Å². The molecule has 1 aliphatic heterocycles. The third-order valence-electron chi connectivity index (χ3n) is 4.26. The Kier molecular flexibility index (Phi) is 5.47. The number of aromatic nitrogens is 2. The van der Waals surface area contributed by atoms with Crippen LogP contribution >= 0.6 is 15.9 Å². The van der Waals surface area contributed by atoms with Crippen LogP contribution in [0.1, 0.15) is 19.3 Å². The SMILES string of the molecule is O=C(CCn1cnc2ccc(Br)cc2c1=O)NCC(=O)N1CCCC1. The van der Waals surface area contributed by atoms with Gasteiger partial charge in [-0.05, 0) is 31.0 Å². The number of rotatable bonds is 5. The number of benzene rings is 1. The Bertz CT molecular complexity index is 859. The highest BCUT2D eigenvalue weighted by molar-refractivity contribution is 9.10. The third kappa shape index (κ3) is 4.25. The third-order valence-corrected chi connectivity index (χ3v) is 4.75. The molecule has 2 amide bonds. The Morgan fingerprint density at radius 2 is 2.00 bits per heavy atom. The minimum atomic E-state index is -0.256. The molecule has 2 aromatic rings. The van der Waals surface area contributed by atoms with Gasteiger partial charge in [0.1, 0.15) is 0 Å². The standard InChI is InChI=1S/C17H19BrN4O3/c18-12-3-4-14-13(9-12)17(25)22(11-20-14)8-5-15(23)19-10-16(24)21-6-1-2-7-21/h3-4,9,11H,1-2,5-8,10H2,(H,19,23). The molecule has 0 unspecified atom stereocenters. The number of halogens is 1. The topological polar surface area (TPSA) is 84.3 Å². The lowest BCUT2D eigenvalue weighted by Crippen LogP contribution is -2.39. The summed E-state index contributed by atoms with van der Waals surface area (Å²) in [5.41, 5.74) is 0.428. The summed E-state index contributed by atoms with van der Waals surface area (Å²) in [6.45, 7) is 1.76. The van der Waals surface area contributed by atoms with Gasteiger partial charge in [0.05, 0.1) is 23.8 Å². The first-order valence-corrected chi connectivity index (χ1v) is 9.03. The van der Waals surface area contributed by atoms with Crippen molar-refractivity contribution < 1.29 is 9.59 Å². The van der Waals surface area contributed by atoms with Crippen molar-refractivity contribution in [2.24, 2.45) is 0 Å². The van der Waals surface area contributed by atoms with Crippen LogP contribution in [0.5, 0.6) is 0 Å². The van der Waals surface area contributed by atoms with Crippen molar-refractivity contribution >= 4 is 38.6 Å². The van der Waals surface area contributed by atoms with Crippen molar-refractivity contribution in [3.8, 4) is 0 Å². The van der Waals surface area contributed by atoms with E-state index in [1.54, 1.807) is 17.0 Å². The molecule has 1 fully saturated rings. The predicted octanol–water partition coefficient (Wildman–Crippen LogP) is 1.29. The van der Waals surface area contributed by atoms with Gasteiger partial charge in [0.25, 0.3) is 5.56 Å². The van der Waals surface area contributed by atoms with Crippen molar-refractivity contribution in [3.63, 3.8) is 0 Å². The lowest BCUT2D eigenvalue weighted by molar-refractivity contribution is -0.132. The van der Waals surface area contributed by atoms with Gasteiger partial charge in [-0.1, -0.05) is 15.9 Å². The monoisotopic (exact) mass is 406 g/mol. The quantitative estimate of drug-likeness (QED) is 0.810. The lowest BCUT2D eigenvalue weighted by Gasteiger charge is -2.15. The van der Waals surface area contributed by atoms with Gasteiger partial charge in [-0.15, -0.1) is 0 Å². The molecule has 1 aromatic carbocycles. The summed E-state index contributed by atoms with van der Waals surface area (Å²) >= 11 is 3.34. The molecule has 0 radical (unpaired) electrons. The highest BCUT2D eigenvalue weighted by Gasteiger charge is 2.18. The van der Waals surface area contributed by atoms with E-state index in [-0.39, 0.29) is 36.9 Å². The number of nitrogens with zero attached hydrogens (tertiary/aromatic N) is 3. The number of hydrogen-bond donors (Lipinski definition) is 1. The molecule has 7 nitrogen and oxygen atoms in total. The van der Waals surface area contributed by atoms with Gasteiger partial charge in [0.15, 0.2) is 0 Å². The summed E-state index contributed by atoms with van der Waals surface area (Å²) in [4.78, 5) is 42.3. The van der Waals surface area contributed by atoms with E-state index in [4.69, 9.17) is 0 Å². The first kappa shape index (κ1) is 17.6. The van der Waals surface area contributed by atoms with Crippen LogP contribution in [0.4, 0.5) is 0 Å². The summed E-state index contributed by atoms with van der Waals surface area (Å²) < 4.78 is 2.21. The van der Waals surface area contributed by atoms with E-state index in [9.17, 15) is 14.4 Å². The average molecular weight is 407 g/mol. The van der Waals surface area contributed by atoms with Crippen molar-refractivity contribution in [2.75, 3.05) is 19.6 Å². The molecule has 0 bridgehead atoms. The largest absolute Gasteiger partial charge is 0.347 e. The fourth-order valence-electron chi connectivity index (χ4n) is 2.85. The number of nitrogens with one attached hydrogen (secondary N) is 1. The second kappa shape index (κ2) is 7.77. The molecule has 0 aliphatic carbocycles. The lowest BCUT2D eigenvalue weighted by atomic mass is 10.2. The summed E-state index contributed by atoms with van der Waals surface area (Å²) in [6.07, 6.45) is 3.61. The molecule has 1 saturated heterocycles. The molecule has 0 spiro atoms. The average Bonchev–Trinajstić information content (AvgIpc) is 3.14. The second-order valence-electron chi connectivity index (χ2n) is 6.02. The number of likely N-dealkylation sites (tertiary alicyclic amines) is 1. The Morgan fingerprint density at radius 3 is 2.76 bits per heavy atom. The molecule has 8 heteroatoms. The van der Waals surface area contributed by atoms with Crippen molar-refractivity contribution in [1.82, 2.24) is 19.8 Å². The molecule has 25 heavy (non-hydrogen) atoms. The van der Waals surface area contributed by atoms with Crippen molar-refractivity contribution in [1.29, 1.82) is 0 Å². The molecular weight excluding hydrogens is 388 g/mol. The Morgan fingerprint density at radius 1 is 1.24 bits per heavy atom. The maximum Gasteiger partial charge on any atom is 0.261 e. The summed E-state index contributed by atoms with van der Waals surface area (Å²) in [5, 5.41) is 3.12. The molecule has 1 aliphatic rings. The fraction of sp³-hybridized carbons (Fsp3) is 0.412. The predicted molar refractivity (Wildman–Crippen MR) is 97.1 cm³/mol. The van der Waals surface area contributed by atoms with Gasteiger partial charge >= 0.3 is 0 Å². The normalized spacial score (nSPS) is 14.0. The van der Waals surface area contributed by atoms with Gasteiger partial charge in [-0.3, -0.25) is 19.0 Å². The molecule has 132 valence electrons. The van der Waals surface area contributed by atoms with Crippen LogP contribution in [-0.4, -0.2) is 45.9 Å². The summed E-state index contributed by atoms with van der Waals surface area (Å²) in [5.74, 6) is -0.311.